The van der Waals surface area contributed by atoms with E-state index in [4.69, 9.17) is 21.7 Å². The summed E-state index contributed by atoms with van der Waals surface area (Å²) in [7, 11) is 1.68. The summed E-state index contributed by atoms with van der Waals surface area (Å²) in [5, 5.41) is 4.65. The van der Waals surface area contributed by atoms with Gasteiger partial charge in [-0.25, -0.2) is 0 Å². The van der Waals surface area contributed by atoms with Gasteiger partial charge in [0.15, 0.2) is 5.11 Å². The Balaban J connectivity index is 1.14. The molecule has 3 atom stereocenters. The van der Waals surface area contributed by atoms with Crippen molar-refractivity contribution in [1.82, 2.24) is 15.1 Å². The third-order valence-electron chi connectivity index (χ3n) is 6.44. The minimum atomic E-state index is 0.632. The van der Waals surface area contributed by atoms with E-state index >= 15 is 0 Å². The van der Waals surface area contributed by atoms with E-state index in [0.717, 1.165) is 61.2 Å². The lowest BCUT2D eigenvalue weighted by molar-refractivity contribution is 0.152. The van der Waals surface area contributed by atoms with Crippen LogP contribution in [0.15, 0.2) is 24.3 Å². The van der Waals surface area contributed by atoms with Crippen LogP contribution in [0, 0.1) is 11.8 Å². The Labute approximate surface area is 168 Å². The van der Waals surface area contributed by atoms with Crippen molar-refractivity contribution in [2.45, 2.75) is 31.7 Å². The fraction of sp³-hybridized carbons (Fsp3) is 0.667. The van der Waals surface area contributed by atoms with Crippen LogP contribution in [0.4, 0.5) is 0 Å². The van der Waals surface area contributed by atoms with Gasteiger partial charge < -0.3 is 19.7 Å². The molecule has 0 unspecified atom stereocenters. The largest absolute Gasteiger partial charge is 0.497 e. The van der Waals surface area contributed by atoms with Crippen molar-refractivity contribution in [3.8, 4) is 11.5 Å². The van der Waals surface area contributed by atoms with Crippen LogP contribution in [0.3, 0.4) is 0 Å². The van der Waals surface area contributed by atoms with Crippen molar-refractivity contribution in [2.24, 2.45) is 11.8 Å². The third kappa shape index (κ3) is 4.66. The predicted molar refractivity (Wildman–Crippen MR) is 111 cm³/mol. The molecule has 148 valence electrons. The summed E-state index contributed by atoms with van der Waals surface area (Å²) in [6.45, 7) is 5.77. The number of piperazine rings is 1. The van der Waals surface area contributed by atoms with Gasteiger partial charge >= 0.3 is 0 Å². The maximum absolute atomic E-state index is 5.85. The first-order valence-electron chi connectivity index (χ1n) is 10.3. The fourth-order valence-electron chi connectivity index (χ4n) is 4.81. The van der Waals surface area contributed by atoms with Gasteiger partial charge in [0.1, 0.15) is 18.1 Å². The summed E-state index contributed by atoms with van der Waals surface area (Å²) < 4.78 is 11.0. The summed E-state index contributed by atoms with van der Waals surface area (Å²) >= 11 is 5.70. The molecule has 3 fully saturated rings. The molecule has 1 saturated heterocycles. The Hall–Kier alpha value is -1.53. The Morgan fingerprint density at radius 1 is 1.07 bits per heavy atom. The highest BCUT2D eigenvalue weighted by molar-refractivity contribution is 7.80. The van der Waals surface area contributed by atoms with Crippen LogP contribution in [0.25, 0.3) is 0 Å². The highest BCUT2D eigenvalue weighted by Gasteiger charge is 2.40. The average Bonchev–Trinajstić information content (AvgIpc) is 3.32. The standard InChI is InChI=1S/C21H31N3O2S/c1-25-18-4-6-19(7-5-18)26-13-12-23-8-10-24(11-9-23)21(27)22-20-15-16-2-3-17(20)14-16/h4-7,16-17,20H,2-3,8-15H2,1H3,(H,22,27)/t16-,17-,20+/m1/s1. The van der Waals surface area contributed by atoms with Crippen molar-refractivity contribution in [3.63, 3.8) is 0 Å². The molecule has 4 rings (SSSR count). The summed E-state index contributed by atoms with van der Waals surface area (Å²) in [6.07, 6.45) is 5.58. The van der Waals surface area contributed by atoms with Gasteiger partial charge in [0.25, 0.3) is 0 Å². The van der Waals surface area contributed by atoms with E-state index < -0.39 is 0 Å². The number of fused-ring (bicyclic) bond motifs is 2. The number of hydrogen-bond donors (Lipinski definition) is 1. The number of rotatable bonds is 6. The molecule has 1 aliphatic heterocycles. The zero-order valence-electron chi connectivity index (χ0n) is 16.2. The van der Waals surface area contributed by atoms with Crippen LogP contribution in [0.2, 0.25) is 0 Å². The molecular formula is C21H31N3O2S. The number of methoxy groups -OCH3 is 1. The molecule has 0 amide bonds. The highest BCUT2D eigenvalue weighted by Crippen LogP contribution is 2.44. The van der Waals surface area contributed by atoms with Crippen LogP contribution in [0.1, 0.15) is 25.7 Å². The number of nitrogens with zero attached hydrogens (tertiary/aromatic N) is 2. The van der Waals surface area contributed by atoms with Gasteiger partial charge in [-0.1, -0.05) is 6.42 Å². The monoisotopic (exact) mass is 389 g/mol. The maximum Gasteiger partial charge on any atom is 0.169 e. The summed E-state index contributed by atoms with van der Waals surface area (Å²) in [5.74, 6) is 3.57. The molecule has 0 radical (unpaired) electrons. The van der Waals surface area contributed by atoms with E-state index in [0.29, 0.717) is 12.6 Å². The van der Waals surface area contributed by atoms with E-state index in [1.807, 2.05) is 24.3 Å². The molecule has 3 aliphatic rings. The topological polar surface area (TPSA) is 37.0 Å². The number of ether oxygens (including phenoxy) is 2. The summed E-state index contributed by atoms with van der Waals surface area (Å²) in [6, 6.07) is 8.40. The molecule has 1 aromatic carbocycles. The van der Waals surface area contributed by atoms with Crippen molar-refractivity contribution >= 4 is 17.3 Å². The van der Waals surface area contributed by atoms with Crippen LogP contribution in [0.5, 0.6) is 11.5 Å². The second-order valence-electron chi connectivity index (χ2n) is 8.08. The van der Waals surface area contributed by atoms with Crippen LogP contribution >= 0.6 is 12.2 Å². The lowest BCUT2D eigenvalue weighted by atomic mass is 9.95. The first-order valence-corrected chi connectivity index (χ1v) is 10.7. The molecule has 0 aromatic heterocycles. The molecule has 1 N–H and O–H groups in total. The van der Waals surface area contributed by atoms with Crippen molar-refractivity contribution in [2.75, 3.05) is 46.4 Å². The van der Waals surface area contributed by atoms with Crippen LogP contribution in [-0.4, -0.2) is 67.4 Å². The van der Waals surface area contributed by atoms with Gasteiger partial charge in [0.2, 0.25) is 0 Å². The molecule has 2 aliphatic carbocycles. The van der Waals surface area contributed by atoms with E-state index in [9.17, 15) is 0 Å². The molecule has 5 nitrogen and oxygen atoms in total. The summed E-state index contributed by atoms with van der Waals surface area (Å²) in [5.41, 5.74) is 0. The normalized spacial score (nSPS) is 27.6. The maximum atomic E-state index is 5.85. The zero-order chi connectivity index (χ0) is 18.6. The van der Waals surface area contributed by atoms with E-state index in [2.05, 4.69) is 15.1 Å². The van der Waals surface area contributed by atoms with E-state index in [1.165, 1.54) is 25.7 Å². The molecule has 0 spiro atoms. The quantitative estimate of drug-likeness (QED) is 0.754. The van der Waals surface area contributed by atoms with Gasteiger partial charge in [0, 0.05) is 38.8 Å². The number of hydrogen-bond acceptors (Lipinski definition) is 4. The highest BCUT2D eigenvalue weighted by atomic mass is 32.1. The van der Waals surface area contributed by atoms with E-state index in [1.54, 1.807) is 7.11 Å². The lowest BCUT2D eigenvalue weighted by Crippen LogP contribution is -2.54. The van der Waals surface area contributed by atoms with Crippen LogP contribution < -0.4 is 14.8 Å². The van der Waals surface area contributed by atoms with Gasteiger partial charge in [-0.2, -0.15) is 0 Å². The number of benzene rings is 1. The zero-order valence-corrected chi connectivity index (χ0v) is 17.0. The Kier molecular flexibility index (Phi) is 6.03. The molecule has 1 heterocycles. The third-order valence-corrected chi connectivity index (χ3v) is 6.82. The molecular weight excluding hydrogens is 358 g/mol. The first-order chi connectivity index (χ1) is 13.2. The fourth-order valence-corrected chi connectivity index (χ4v) is 5.14. The molecule has 6 heteroatoms. The second-order valence-corrected chi connectivity index (χ2v) is 8.47. The molecule has 2 bridgehead atoms. The van der Waals surface area contributed by atoms with Gasteiger partial charge in [-0.3, -0.25) is 4.90 Å². The predicted octanol–water partition coefficient (Wildman–Crippen LogP) is 2.75. The summed E-state index contributed by atoms with van der Waals surface area (Å²) in [4.78, 5) is 4.81. The first kappa shape index (κ1) is 18.8. The van der Waals surface area contributed by atoms with Crippen molar-refractivity contribution in [1.29, 1.82) is 0 Å². The van der Waals surface area contributed by atoms with Crippen molar-refractivity contribution in [3.05, 3.63) is 24.3 Å². The SMILES string of the molecule is COc1ccc(OCCN2CCN(C(=S)N[C@H]3C[C@@H]4CC[C@@H]3C4)CC2)cc1. The minimum absolute atomic E-state index is 0.632. The minimum Gasteiger partial charge on any atom is -0.497 e. The second kappa shape index (κ2) is 8.65. The number of thiocarbonyl (C=S) groups is 1. The van der Waals surface area contributed by atoms with Gasteiger partial charge in [-0.15, -0.1) is 0 Å². The van der Waals surface area contributed by atoms with E-state index in [-0.39, 0.29) is 0 Å². The Bertz CT molecular complexity index is 631. The Morgan fingerprint density at radius 3 is 2.44 bits per heavy atom. The molecule has 2 saturated carbocycles. The number of nitrogens with one attached hydrogen (secondary N) is 1. The lowest BCUT2D eigenvalue weighted by Gasteiger charge is -2.37. The average molecular weight is 390 g/mol. The molecule has 27 heavy (non-hydrogen) atoms. The smallest absolute Gasteiger partial charge is 0.169 e. The van der Waals surface area contributed by atoms with Crippen LogP contribution in [-0.2, 0) is 0 Å². The molecule has 1 aromatic rings. The van der Waals surface area contributed by atoms with Gasteiger partial charge in [0.05, 0.1) is 7.11 Å². The van der Waals surface area contributed by atoms with Gasteiger partial charge in [-0.05, 0) is 67.6 Å². The Morgan fingerprint density at radius 2 is 1.81 bits per heavy atom. The van der Waals surface area contributed by atoms with Crippen molar-refractivity contribution < 1.29 is 9.47 Å².